The molecule has 3 rings (SSSR count). The van der Waals surface area contributed by atoms with Crippen LogP contribution in [0.1, 0.15) is 37.4 Å². The van der Waals surface area contributed by atoms with Gasteiger partial charge >= 0.3 is 0 Å². The van der Waals surface area contributed by atoms with Crippen molar-refractivity contribution in [3.05, 3.63) is 28.5 Å². The summed E-state index contributed by atoms with van der Waals surface area (Å²) in [5.74, 6) is 1.83. The van der Waals surface area contributed by atoms with Crippen LogP contribution in [0.25, 0.3) is 11.5 Å². The van der Waals surface area contributed by atoms with E-state index < -0.39 is 0 Å². The standard InChI is InChI=1S/C13H14BrN3O/c14-11-6-5-9(15)7-10(11)13-16-12(17-18-13)8-3-1-2-4-8/h5-8H,1-4,15H2. The van der Waals surface area contributed by atoms with Crippen LogP contribution in [0.3, 0.4) is 0 Å². The number of halogens is 1. The van der Waals surface area contributed by atoms with Gasteiger partial charge in [-0.1, -0.05) is 18.0 Å². The molecule has 0 radical (unpaired) electrons. The lowest BCUT2D eigenvalue weighted by Gasteiger charge is -2.01. The Hall–Kier alpha value is -1.36. The Morgan fingerprint density at radius 1 is 1.28 bits per heavy atom. The lowest BCUT2D eigenvalue weighted by molar-refractivity contribution is 0.415. The van der Waals surface area contributed by atoms with Gasteiger partial charge in [-0.05, 0) is 47.0 Å². The largest absolute Gasteiger partial charge is 0.399 e. The van der Waals surface area contributed by atoms with Crippen molar-refractivity contribution in [2.24, 2.45) is 0 Å². The molecule has 0 aliphatic heterocycles. The maximum Gasteiger partial charge on any atom is 0.259 e. The molecule has 0 amide bonds. The van der Waals surface area contributed by atoms with Crippen molar-refractivity contribution in [1.82, 2.24) is 10.1 Å². The fourth-order valence-corrected chi connectivity index (χ4v) is 2.82. The van der Waals surface area contributed by atoms with Crippen LogP contribution in [0.5, 0.6) is 0 Å². The number of nitrogens with zero attached hydrogens (tertiary/aromatic N) is 2. The van der Waals surface area contributed by atoms with Gasteiger partial charge in [0, 0.05) is 16.1 Å². The van der Waals surface area contributed by atoms with Gasteiger partial charge in [-0.25, -0.2) is 0 Å². The number of hydrogen-bond acceptors (Lipinski definition) is 4. The molecule has 1 saturated carbocycles. The summed E-state index contributed by atoms with van der Waals surface area (Å²) in [6.07, 6.45) is 4.85. The Balaban J connectivity index is 1.94. The smallest absolute Gasteiger partial charge is 0.259 e. The summed E-state index contributed by atoms with van der Waals surface area (Å²) in [6, 6.07) is 5.57. The zero-order chi connectivity index (χ0) is 12.5. The normalized spacial score (nSPS) is 16.3. The molecule has 5 heteroatoms. The van der Waals surface area contributed by atoms with Crippen molar-refractivity contribution in [2.45, 2.75) is 31.6 Å². The van der Waals surface area contributed by atoms with Gasteiger partial charge in [-0.15, -0.1) is 0 Å². The van der Waals surface area contributed by atoms with E-state index in [1.54, 1.807) is 0 Å². The maximum atomic E-state index is 5.78. The van der Waals surface area contributed by atoms with Gasteiger partial charge in [-0.2, -0.15) is 4.98 Å². The fourth-order valence-electron chi connectivity index (χ4n) is 2.40. The molecule has 1 fully saturated rings. The predicted octanol–water partition coefficient (Wildman–Crippen LogP) is 3.74. The highest BCUT2D eigenvalue weighted by molar-refractivity contribution is 9.10. The van der Waals surface area contributed by atoms with E-state index >= 15 is 0 Å². The van der Waals surface area contributed by atoms with Crippen LogP contribution >= 0.6 is 15.9 Å². The third-order valence-electron chi connectivity index (χ3n) is 3.38. The Morgan fingerprint density at radius 2 is 2.06 bits per heavy atom. The van der Waals surface area contributed by atoms with Gasteiger partial charge in [0.05, 0.1) is 5.56 Å². The summed E-state index contributed by atoms with van der Waals surface area (Å²) in [6.45, 7) is 0. The summed E-state index contributed by atoms with van der Waals surface area (Å²) < 4.78 is 6.27. The Morgan fingerprint density at radius 3 is 2.83 bits per heavy atom. The molecular formula is C13H14BrN3O. The first-order valence-electron chi connectivity index (χ1n) is 6.13. The minimum absolute atomic E-state index is 0.460. The average Bonchev–Trinajstić information content (AvgIpc) is 3.00. The van der Waals surface area contributed by atoms with Gasteiger partial charge < -0.3 is 10.3 Å². The van der Waals surface area contributed by atoms with Crippen molar-refractivity contribution in [3.8, 4) is 11.5 Å². The van der Waals surface area contributed by atoms with Crippen LogP contribution in [0.2, 0.25) is 0 Å². The minimum atomic E-state index is 0.460. The quantitative estimate of drug-likeness (QED) is 0.858. The number of rotatable bonds is 2. The van der Waals surface area contributed by atoms with Gasteiger partial charge in [0.2, 0.25) is 0 Å². The fraction of sp³-hybridized carbons (Fsp3) is 0.385. The number of benzene rings is 1. The Kier molecular flexibility index (Phi) is 3.07. The van der Waals surface area contributed by atoms with Crippen molar-refractivity contribution in [2.75, 3.05) is 5.73 Å². The molecule has 0 saturated heterocycles. The number of nitrogen functional groups attached to an aromatic ring is 1. The van der Waals surface area contributed by atoms with E-state index in [-0.39, 0.29) is 0 Å². The highest BCUT2D eigenvalue weighted by Gasteiger charge is 2.23. The van der Waals surface area contributed by atoms with E-state index in [0.717, 1.165) is 28.7 Å². The van der Waals surface area contributed by atoms with Gasteiger partial charge in [0.15, 0.2) is 5.82 Å². The summed E-state index contributed by atoms with van der Waals surface area (Å²) in [4.78, 5) is 4.50. The van der Waals surface area contributed by atoms with E-state index in [0.29, 0.717) is 17.5 Å². The van der Waals surface area contributed by atoms with Crippen LogP contribution in [-0.4, -0.2) is 10.1 Å². The molecule has 1 aromatic heterocycles. The highest BCUT2D eigenvalue weighted by atomic mass is 79.9. The second kappa shape index (κ2) is 4.72. The third-order valence-corrected chi connectivity index (χ3v) is 4.07. The molecule has 1 heterocycles. The first-order valence-corrected chi connectivity index (χ1v) is 6.92. The van der Waals surface area contributed by atoms with Crippen LogP contribution in [-0.2, 0) is 0 Å². The van der Waals surface area contributed by atoms with E-state index in [4.69, 9.17) is 10.3 Å². The van der Waals surface area contributed by atoms with E-state index in [1.165, 1.54) is 12.8 Å². The summed E-state index contributed by atoms with van der Waals surface area (Å²) >= 11 is 3.48. The lowest BCUT2D eigenvalue weighted by Crippen LogP contribution is -1.94. The molecular weight excluding hydrogens is 294 g/mol. The number of hydrogen-bond donors (Lipinski definition) is 1. The van der Waals surface area contributed by atoms with Crippen LogP contribution in [0.15, 0.2) is 27.2 Å². The van der Waals surface area contributed by atoms with Crippen LogP contribution in [0.4, 0.5) is 5.69 Å². The molecule has 1 aromatic carbocycles. The Labute approximate surface area is 114 Å². The second-order valence-electron chi connectivity index (χ2n) is 4.68. The third kappa shape index (κ3) is 2.14. The average molecular weight is 308 g/mol. The molecule has 2 N–H and O–H groups in total. The SMILES string of the molecule is Nc1ccc(Br)c(-c2nc(C3CCCC3)no2)c1. The molecule has 0 bridgehead atoms. The van der Waals surface area contributed by atoms with Crippen molar-refractivity contribution < 1.29 is 4.52 Å². The minimum Gasteiger partial charge on any atom is -0.399 e. The van der Waals surface area contributed by atoms with E-state index in [1.807, 2.05) is 18.2 Å². The number of nitrogens with two attached hydrogens (primary N) is 1. The zero-order valence-corrected chi connectivity index (χ0v) is 11.5. The molecule has 18 heavy (non-hydrogen) atoms. The molecule has 1 aliphatic carbocycles. The predicted molar refractivity (Wildman–Crippen MR) is 73.1 cm³/mol. The maximum absolute atomic E-state index is 5.78. The van der Waals surface area contributed by atoms with Crippen LogP contribution in [0, 0.1) is 0 Å². The van der Waals surface area contributed by atoms with E-state index in [9.17, 15) is 0 Å². The number of anilines is 1. The first kappa shape index (κ1) is 11.7. The Bertz CT molecular complexity index is 561. The lowest BCUT2D eigenvalue weighted by atomic mass is 10.1. The molecule has 4 nitrogen and oxygen atoms in total. The van der Waals surface area contributed by atoms with Gasteiger partial charge in [0.25, 0.3) is 5.89 Å². The summed E-state index contributed by atoms with van der Waals surface area (Å²) in [5.41, 5.74) is 7.33. The zero-order valence-electron chi connectivity index (χ0n) is 9.90. The molecule has 0 unspecified atom stereocenters. The van der Waals surface area contributed by atoms with Crippen molar-refractivity contribution in [3.63, 3.8) is 0 Å². The van der Waals surface area contributed by atoms with Crippen molar-refractivity contribution in [1.29, 1.82) is 0 Å². The highest BCUT2D eigenvalue weighted by Crippen LogP contribution is 2.34. The summed E-state index contributed by atoms with van der Waals surface area (Å²) in [7, 11) is 0. The molecule has 1 aliphatic rings. The first-order chi connectivity index (χ1) is 8.74. The van der Waals surface area contributed by atoms with Gasteiger partial charge in [-0.3, -0.25) is 0 Å². The monoisotopic (exact) mass is 307 g/mol. The number of aromatic nitrogens is 2. The molecule has 0 atom stereocenters. The molecule has 94 valence electrons. The molecule has 2 aromatic rings. The van der Waals surface area contributed by atoms with Crippen molar-refractivity contribution >= 4 is 21.6 Å². The van der Waals surface area contributed by atoms with Gasteiger partial charge in [0.1, 0.15) is 0 Å². The topological polar surface area (TPSA) is 64.9 Å². The van der Waals surface area contributed by atoms with Crippen LogP contribution < -0.4 is 5.73 Å². The second-order valence-corrected chi connectivity index (χ2v) is 5.53. The van der Waals surface area contributed by atoms with E-state index in [2.05, 4.69) is 26.1 Å². The molecule has 0 spiro atoms. The summed E-state index contributed by atoms with van der Waals surface area (Å²) in [5, 5.41) is 4.10.